The van der Waals surface area contributed by atoms with Gasteiger partial charge in [0.25, 0.3) is 5.91 Å². The highest BCUT2D eigenvalue weighted by Gasteiger charge is 2.32. The monoisotopic (exact) mass is 382 g/mol. The largest absolute Gasteiger partial charge is 0.282 e. The molecule has 1 aliphatic heterocycles. The van der Waals surface area contributed by atoms with E-state index in [2.05, 4.69) is 21.8 Å². The van der Waals surface area contributed by atoms with Crippen LogP contribution in [0.2, 0.25) is 0 Å². The number of carbonyl (C=O) groups excluding carboxylic acids is 1. The molecule has 0 N–H and O–H groups in total. The number of thioether (sulfide) groups is 1. The maximum Gasteiger partial charge on any atom is 0.267 e. The lowest BCUT2D eigenvalue weighted by Gasteiger charge is -2.11. The van der Waals surface area contributed by atoms with Crippen LogP contribution in [0, 0.1) is 6.92 Å². The normalized spacial score (nSPS) is 18.2. The van der Waals surface area contributed by atoms with Gasteiger partial charge in [0.1, 0.15) is 5.01 Å². The minimum Gasteiger partial charge on any atom is -0.282 e. The maximum atomic E-state index is 12.7. The Labute approximate surface area is 160 Å². The van der Waals surface area contributed by atoms with Crippen molar-refractivity contribution in [1.82, 2.24) is 15.1 Å². The third kappa shape index (κ3) is 4.36. The number of amides is 1. The Morgan fingerprint density at radius 3 is 2.73 bits per heavy atom. The van der Waals surface area contributed by atoms with Gasteiger partial charge in [-0.1, -0.05) is 53.8 Å². The van der Waals surface area contributed by atoms with Gasteiger partial charge in [-0.2, -0.15) is 4.99 Å². The van der Waals surface area contributed by atoms with Gasteiger partial charge >= 0.3 is 0 Å². The molecule has 0 aliphatic carbocycles. The lowest BCUT2D eigenvalue weighted by molar-refractivity contribution is -0.121. The molecule has 2 heterocycles. The van der Waals surface area contributed by atoms with Crippen molar-refractivity contribution < 1.29 is 4.79 Å². The second-order valence-corrected chi connectivity index (χ2v) is 7.78. The van der Waals surface area contributed by atoms with Crippen molar-refractivity contribution in [3.05, 3.63) is 70.1 Å². The number of aliphatic imine (C=N–C) groups is 1. The van der Waals surface area contributed by atoms with Crippen molar-refractivity contribution in [3.8, 4) is 0 Å². The second kappa shape index (κ2) is 8.25. The van der Waals surface area contributed by atoms with E-state index in [-0.39, 0.29) is 5.91 Å². The van der Waals surface area contributed by atoms with Crippen molar-refractivity contribution in [2.75, 3.05) is 6.54 Å². The van der Waals surface area contributed by atoms with E-state index in [1.54, 1.807) is 11.0 Å². The molecular weight excluding hydrogens is 364 g/mol. The quantitative estimate of drug-likeness (QED) is 0.561. The highest BCUT2D eigenvalue weighted by molar-refractivity contribution is 8.18. The summed E-state index contributed by atoms with van der Waals surface area (Å²) in [5, 5.41) is 9.97. The number of allylic oxidation sites excluding steroid dienone is 2. The topological polar surface area (TPSA) is 58.5 Å². The molecule has 1 aliphatic rings. The molecule has 26 heavy (non-hydrogen) atoms. The number of hydrogen-bond acceptors (Lipinski definition) is 6. The Morgan fingerprint density at radius 2 is 2.08 bits per heavy atom. The standard InChI is InChI=1S/C19H18N4OS2/c1-4-10-23-17(24)16(12-13(2)11-15-8-6-5-7-9-15)26-19(23)20-18-22-21-14(3)25-18/h4-9,11-12H,1,10H2,2-3H3/b13-11+,16-12-,20-19+. The van der Waals surface area contributed by atoms with Gasteiger partial charge in [0.2, 0.25) is 5.13 Å². The molecule has 1 fully saturated rings. The summed E-state index contributed by atoms with van der Waals surface area (Å²) < 4.78 is 0. The van der Waals surface area contributed by atoms with Gasteiger partial charge in [0, 0.05) is 6.54 Å². The fourth-order valence-electron chi connectivity index (χ4n) is 2.36. The van der Waals surface area contributed by atoms with Crippen LogP contribution in [-0.4, -0.2) is 32.7 Å². The van der Waals surface area contributed by atoms with Gasteiger partial charge in [-0.15, -0.1) is 16.8 Å². The number of amidine groups is 1. The highest BCUT2D eigenvalue weighted by Crippen LogP contribution is 2.34. The van der Waals surface area contributed by atoms with E-state index < -0.39 is 0 Å². The molecule has 0 saturated carbocycles. The van der Waals surface area contributed by atoms with Crippen molar-refractivity contribution in [2.45, 2.75) is 13.8 Å². The van der Waals surface area contributed by atoms with Crippen molar-refractivity contribution in [1.29, 1.82) is 0 Å². The fourth-order valence-corrected chi connectivity index (χ4v) is 4.01. The maximum absolute atomic E-state index is 12.7. The van der Waals surface area contributed by atoms with E-state index >= 15 is 0 Å². The van der Waals surface area contributed by atoms with E-state index in [0.717, 1.165) is 16.1 Å². The van der Waals surface area contributed by atoms with Gasteiger partial charge in [0.15, 0.2) is 5.17 Å². The summed E-state index contributed by atoms with van der Waals surface area (Å²) in [4.78, 5) is 19.5. The first-order valence-corrected chi connectivity index (χ1v) is 9.64. The van der Waals surface area contributed by atoms with Gasteiger partial charge in [-0.25, -0.2) is 0 Å². The first kappa shape index (κ1) is 18.3. The van der Waals surface area contributed by atoms with Crippen LogP contribution < -0.4 is 0 Å². The van der Waals surface area contributed by atoms with Crippen LogP contribution in [0.25, 0.3) is 6.08 Å². The predicted octanol–water partition coefficient (Wildman–Crippen LogP) is 4.58. The molecule has 0 bridgehead atoms. The molecule has 5 nitrogen and oxygen atoms in total. The molecule has 0 atom stereocenters. The van der Waals surface area contributed by atoms with Gasteiger partial charge in [-0.3, -0.25) is 9.69 Å². The van der Waals surface area contributed by atoms with Crippen LogP contribution in [0.4, 0.5) is 5.13 Å². The minimum absolute atomic E-state index is 0.0734. The summed E-state index contributed by atoms with van der Waals surface area (Å²) in [6, 6.07) is 10.0. The van der Waals surface area contributed by atoms with Crippen LogP contribution in [0.3, 0.4) is 0 Å². The third-order valence-electron chi connectivity index (χ3n) is 3.46. The molecular formula is C19H18N4OS2. The Morgan fingerprint density at radius 1 is 1.31 bits per heavy atom. The summed E-state index contributed by atoms with van der Waals surface area (Å²) >= 11 is 2.74. The van der Waals surface area contributed by atoms with Crippen LogP contribution >= 0.6 is 23.1 Å². The first-order valence-electron chi connectivity index (χ1n) is 8.01. The smallest absolute Gasteiger partial charge is 0.267 e. The van der Waals surface area contributed by atoms with Crippen molar-refractivity contribution >= 4 is 45.4 Å². The van der Waals surface area contributed by atoms with Gasteiger partial charge in [-0.05, 0) is 42.8 Å². The molecule has 2 aromatic rings. The van der Waals surface area contributed by atoms with Crippen LogP contribution in [0.1, 0.15) is 17.5 Å². The molecule has 132 valence electrons. The number of hydrogen-bond donors (Lipinski definition) is 0. The highest BCUT2D eigenvalue weighted by atomic mass is 32.2. The van der Waals surface area contributed by atoms with E-state index in [1.807, 2.05) is 56.3 Å². The SMILES string of the molecule is C=CCN1C(=O)/C(=C/C(C)=C/c2ccccc2)S/C1=N/c1nnc(C)s1. The Balaban J connectivity index is 1.89. The molecule has 1 aromatic heterocycles. The van der Waals surface area contributed by atoms with Crippen molar-refractivity contribution in [3.63, 3.8) is 0 Å². The zero-order chi connectivity index (χ0) is 18.5. The van der Waals surface area contributed by atoms with Gasteiger partial charge < -0.3 is 0 Å². The number of aryl methyl sites for hydroxylation is 1. The Hall–Kier alpha value is -2.51. The van der Waals surface area contributed by atoms with E-state index in [0.29, 0.717) is 21.7 Å². The summed E-state index contributed by atoms with van der Waals surface area (Å²) in [7, 11) is 0. The zero-order valence-corrected chi connectivity index (χ0v) is 16.2. The summed E-state index contributed by atoms with van der Waals surface area (Å²) in [5.41, 5.74) is 2.09. The fraction of sp³-hybridized carbons (Fsp3) is 0.158. The number of benzene rings is 1. The second-order valence-electron chi connectivity index (χ2n) is 5.61. The lowest BCUT2D eigenvalue weighted by atomic mass is 10.1. The molecule has 0 spiro atoms. The molecule has 1 amide bonds. The number of nitrogens with zero attached hydrogens (tertiary/aromatic N) is 4. The zero-order valence-electron chi connectivity index (χ0n) is 14.5. The summed E-state index contributed by atoms with van der Waals surface area (Å²) in [6.07, 6.45) is 5.63. The Bertz CT molecular complexity index is 913. The molecule has 3 rings (SSSR count). The molecule has 0 unspecified atom stereocenters. The molecule has 1 saturated heterocycles. The average molecular weight is 383 g/mol. The molecule has 7 heteroatoms. The predicted molar refractivity (Wildman–Crippen MR) is 109 cm³/mol. The van der Waals surface area contributed by atoms with Gasteiger partial charge in [0.05, 0.1) is 4.91 Å². The van der Waals surface area contributed by atoms with Crippen LogP contribution in [0.5, 0.6) is 0 Å². The summed E-state index contributed by atoms with van der Waals surface area (Å²) in [5.74, 6) is -0.0734. The lowest BCUT2D eigenvalue weighted by Crippen LogP contribution is -2.29. The summed E-state index contributed by atoms with van der Waals surface area (Å²) in [6.45, 7) is 7.99. The van der Waals surface area contributed by atoms with E-state index in [1.165, 1.54) is 23.1 Å². The average Bonchev–Trinajstić information content (AvgIpc) is 3.14. The third-order valence-corrected chi connectivity index (χ3v) is 5.20. The molecule has 1 aromatic carbocycles. The molecule has 0 radical (unpaired) electrons. The van der Waals surface area contributed by atoms with Crippen molar-refractivity contribution in [2.24, 2.45) is 4.99 Å². The minimum atomic E-state index is -0.0734. The number of aromatic nitrogens is 2. The van der Waals surface area contributed by atoms with Crippen LogP contribution in [-0.2, 0) is 4.79 Å². The number of rotatable bonds is 5. The Kier molecular flexibility index (Phi) is 5.80. The van der Waals surface area contributed by atoms with Crippen LogP contribution in [0.15, 0.2) is 64.5 Å². The number of carbonyl (C=O) groups is 1. The first-order chi connectivity index (χ1) is 12.6. The van der Waals surface area contributed by atoms with E-state index in [4.69, 9.17) is 0 Å². The van der Waals surface area contributed by atoms with E-state index in [9.17, 15) is 4.79 Å².